The van der Waals surface area contributed by atoms with Crippen LogP contribution in [0.3, 0.4) is 0 Å². The summed E-state index contributed by atoms with van der Waals surface area (Å²) in [6.45, 7) is 6.18. The van der Waals surface area contributed by atoms with Gasteiger partial charge in [0.05, 0.1) is 5.69 Å². The van der Waals surface area contributed by atoms with Crippen molar-refractivity contribution >= 4 is 11.4 Å². The second kappa shape index (κ2) is 4.65. The lowest BCUT2D eigenvalue weighted by molar-refractivity contribution is 1.21. The summed E-state index contributed by atoms with van der Waals surface area (Å²) in [7, 11) is 0. The summed E-state index contributed by atoms with van der Waals surface area (Å²) in [5.41, 5.74) is 6.43. The molecule has 2 heteroatoms. The summed E-state index contributed by atoms with van der Waals surface area (Å²) >= 11 is 0. The Hall–Kier alpha value is -1.31. The minimum Gasteiger partial charge on any atom is -0.279 e. The molecule has 1 aromatic rings. The van der Waals surface area contributed by atoms with E-state index in [4.69, 9.17) is 0 Å². The van der Waals surface area contributed by atoms with E-state index in [1.807, 2.05) is 19.1 Å². The van der Waals surface area contributed by atoms with Gasteiger partial charge in [-0.05, 0) is 32.4 Å². The Morgan fingerprint density at radius 1 is 1.31 bits per heavy atom. The number of anilines is 1. The number of hydrazone groups is 1. The summed E-state index contributed by atoms with van der Waals surface area (Å²) in [5.74, 6) is 0. The molecule has 0 aliphatic heterocycles. The third-order valence-corrected chi connectivity index (χ3v) is 1.94. The first-order valence-corrected chi connectivity index (χ1v) is 4.58. The van der Waals surface area contributed by atoms with Crippen molar-refractivity contribution in [2.45, 2.75) is 27.2 Å². The molecule has 1 rings (SSSR count). The predicted octanol–water partition coefficient (Wildman–Crippen LogP) is 3.19. The number of nitrogens with one attached hydrogen (secondary N) is 1. The summed E-state index contributed by atoms with van der Waals surface area (Å²) in [6, 6.07) is 8.20. The van der Waals surface area contributed by atoms with E-state index in [0.29, 0.717) is 0 Å². The van der Waals surface area contributed by atoms with Crippen LogP contribution in [0, 0.1) is 6.92 Å². The molecular weight excluding hydrogens is 160 g/mol. The minimum absolute atomic E-state index is 0.985. The summed E-state index contributed by atoms with van der Waals surface area (Å²) in [6.07, 6.45) is 0.985. The van der Waals surface area contributed by atoms with Crippen LogP contribution in [0.4, 0.5) is 5.69 Å². The highest BCUT2D eigenvalue weighted by atomic mass is 15.3. The monoisotopic (exact) mass is 176 g/mol. The summed E-state index contributed by atoms with van der Waals surface area (Å²) in [5, 5.41) is 4.21. The normalized spacial score (nSPS) is 11.5. The highest BCUT2D eigenvalue weighted by Gasteiger charge is 1.89. The predicted molar refractivity (Wildman–Crippen MR) is 58.2 cm³/mol. The van der Waals surface area contributed by atoms with Gasteiger partial charge in [0.2, 0.25) is 0 Å². The molecular formula is C11H16N2. The zero-order valence-corrected chi connectivity index (χ0v) is 8.46. The number of nitrogens with zero attached hydrogens (tertiary/aromatic N) is 1. The largest absolute Gasteiger partial charge is 0.279 e. The van der Waals surface area contributed by atoms with Crippen LogP contribution >= 0.6 is 0 Å². The van der Waals surface area contributed by atoms with Gasteiger partial charge in [0.1, 0.15) is 0 Å². The SMILES string of the molecule is CCC(C)=NNc1ccc(C)cc1. The maximum atomic E-state index is 4.21. The van der Waals surface area contributed by atoms with Gasteiger partial charge in [-0.2, -0.15) is 5.10 Å². The van der Waals surface area contributed by atoms with Crippen molar-refractivity contribution in [2.75, 3.05) is 5.43 Å². The third-order valence-electron chi connectivity index (χ3n) is 1.94. The fourth-order valence-corrected chi connectivity index (χ4v) is 0.867. The van der Waals surface area contributed by atoms with Crippen LogP contribution in [0.2, 0.25) is 0 Å². The van der Waals surface area contributed by atoms with E-state index in [2.05, 4.69) is 36.5 Å². The Kier molecular flexibility index (Phi) is 3.50. The average Bonchev–Trinajstić information content (AvgIpc) is 2.16. The number of hydrogen-bond acceptors (Lipinski definition) is 2. The third kappa shape index (κ3) is 3.28. The van der Waals surface area contributed by atoms with Crippen LogP contribution in [0.1, 0.15) is 25.8 Å². The van der Waals surface area contributed by atoms with Gasteiger partial charge in [-0.1, -0.05) is 24.6 Å². The second-order valence-electron chi connectivity index (χ2n) is 3.18. The van der Waals surface area contributed by atoms with Gasteiger partial charge in [0.25, 0.3) is 0 Å². The lowest BCUT2D eigenvalue weighted by Gasteiger charge is -2.01. The molecule has 0 spiro atoms. The standard InChI is InChI=1S/C11H16N2/c1-4-10(3)12-13-11-7-5-9(2)6-8-11/h5-8,13H,4H2,1-3H3. The fraction of sp³-hybridized carbons (Fsp3) is 0.364. The Balaban J connectivity index is 2.60. The first kappa shape index (κ1) is 9.78. The molecule has 0 atom stereocenters. The molecule has 0 saturated heterocycles. The van der Waals surface area contributed by atoms with Crippen LogP contribution < -0.4 is 5.43 Å². The molecule has 0 aromatic heterocycles. The van der Waals surface area contributed by atoms with Crippen LogP contribution in [-0.4, -0.2) is 5.71 Å². The molecule has 0 unspecified atom stereocenters. The molecule has 0 saturated carbocycles. The first-order valence-electron chi connectivity index (χ1n) is 4.58. The molecule has 0 aliphatic carbocycles. The van der Waals surface area contributed by atoms with Crippen molar-refractivity contribution in [2.24, 2.45) is 5.10 Å². The quantitative estimate of drug-likeness (QED) is 0.555. The van der Waals surface area contributed by atoms with Gasteiger partial charge in [0, 0.05) is 5.71 Å². The number of hydrogen-bond donors (Lipinski definition) is 1. The first-order chi connectivity index (χ1) is 6.22. The fourth-order valence-electron chi connectivity index (χ4n) is 0.867. The van der Waals surface area contributed by atoms with Crippen molar-refractivity contribution in [1.82, 2.24) is 0 Å². The van der Waals surface area contributed by atoms with Crippen molar-refractivity contribution in [1.29, 1.82) is 0 Å². The zero-order chi connectivity index (χ0) is 9.68. The van der Waals surface area contributed by atoms with E-state index < -0.39 is 0 Å². The molecule has 1 N–H and O–H groups in total. The van der Waals surface area contributed by atoms with Gasteiger partial charge in [-0.3, -0.25) is 5.43 Å². The van der Waals surface area contributed by atoms with Crippen LogP contribution in [-0.2, 0) is 0 Å². The van der Waals surface area contributed by atoms with Gasteiger partial charge in [0.15, 0.2) is 0 Å². The molecule has 70 valence electrons. The van der Waals surface area contributed by atoms with E-state index in [1.165, 1.54) is 5.56 Å². The van der Waals surface area contributed by atoms with Crippen LogP contribution in [0.25, 0.3) is 0 Å². The van der Waals surface area contributed by atoms with Gasteiger partial charge in [-0.25, -0.2) is 0 Å². The summed E-state index contributed by atoms with van der Waals surface area (Å²) < 4.78 is 0. The van der Waals surface area contributed by atoms with Crippen molar-refractivity contribution in [3.8, 4) is 0 Å². The second-order valence-corrected chi connectivity index (χ2v) is 3.18. The Labute approximate surface area is 79.7 Å². The highest BCUT2D eigenvalue weighted by Crippen LogP contribution is 2.08. The topological polar surface area (TPSA) is 24.4 Å². The summed E-state index contributed by atoms with van der Waals surface area (Å²) in [4.78, 5) is 0. The Morgan fingerprint density at radius 3 is 2.46 bits per heavy atom. The van der Waals surface area contributed by atoms with Crippen LogP contribution in [0.15, 0.2) is 29.4 Å². The molecule has 0 radical (unpaired) electrons. The molecule has 0 fully saturated rings. The van der Waals surface area contributed by atoms with Gasteiger partial charge in [-0.15, -0.1) is 0 Å². The molecule has 0 bridgehead atoms. The van der Waals surface area contributed by atoms with Crippen molar-refractivity contribution in [3.05, 3.63) is 29.8 Å². The van der Waals surface area contributed by atoms with E-state index in [0.717, 1.165) is 17.8 Å². The highest BCUT2D eigenvalue weighted by molar-refractivity contribution is 5.82. The molecule has 2 nitrogen and oxygen atoms in total. The van der Waals surface area contributed by atoms with Gasteiger partial charge >= 0.3 is 0 Å². The van der Waals surface area contributed by atoms with E-state index in [1.54, 1.807) is 0 Å². The molecule has 0 heterocycles. The molecule has 0 amide bonds. The number of rotatable bonds is 3. The minimum atomic E-state index is 0.985. The average molecular weight is 176 g/mol. The lowest BCUT2D eigenvalue weighted by Crippen LogP contribution is -1.95. The number of aryl methyl sites for hydroxylation is 1. The van der Waals surface area contributed by atoms with Crippen molar-refractivity contribution in [3.63, 3.8) is 0 Å². The van der Waals surface area contributed by atoms with Gasteiger partial charge < -0.3 is 0 Å². The maximum absolute atomic E-state index is 4.21. The zero-order valence-electron chi connectivity index (χ0n) is 8.46. The van der Waals surface area contributed by atoms with Crippen molar-refractivity contribution < 1.29 is 0 Å². The van der Waals surface area contributed by atoms with Crippen LogP contribution in [0.5, 0.6) is 0 Å². The van der Waals surface area contributed by atoms with E-state index in [-0.39, 0.29) is 0 Å². The molecule has 0 aliphatic rings. The Morgan fingerprint density at radius 2 is 1.92 bits per heavy atom. The molecule has 13 heavy (non-hydrogen) atoms. The van der Waals surface area contributed by atoms with E-state index in [9.17, 15) is 0 Å². The smallest absolute Gasteiger partial charge is 0.0561 e. The molecule has 1 aromatic carbocycles. The van der Waals surface area contributed by atoms with E-state index >= 15 is 0 Å². The lowest BCUT2D eigenvalue weighted by atomic mass is 10.2. The number of benzene rings is 1. The maximum Gasteiger partial charge on any atom is 0.0561 e. The Bertz CT molecular complexity index is 285.